The number of carbonyl (C=O) groups is 3. The van der Waals surface area contributed by atoms with E-state index >= 15 is 0 Å². The van der Waals surface area contributed by atoms with Crippen molar-refractivity contribution in [2.24, 2.45) is 0 Å². The van der Waals surface area contributed by atoms with Gasteiger partial charge in [-0.2, -0.15) is 0 Å². The van der Waals surface area contributed by atoms with Gasteiger partial charge in [-0.3, -0.25) is 19.3 Å². The van der Waals surface area contributed by atoms with E-state index in [0.717, 1.165) is 33.5 Å². The van der Waals surface area contributed by atoms with Crippen LogP contribution in [0.3, 0.4) is 0 Å². The summed E-state index contributed by atoms with van der Waals surface area (Å²) in [5, 5.41) is 2.23. The molecule has 1 N–H and O–H groups in total. The topological polar surface area (TPSA) is 84.9 Å². The van der Waals surface area contributed by atoms with Gasteiger partial charge in [0.15, 0.2) is 11.5 Å². The van der Waals surface area contributed by atoms with Crippen LogP contribution in [-0.4, -0.2) is 47.1 Å². The van der Waals surface area contributed by atoms with Crippen molar-refractivity contribution >= 4 is 46.7 Å². The van der Waals surface area contributed by atoms with Crippen LogP contribution >= 0.6 is 23.5 Å². The number of ether oxygens (including phenoxy) is 2. The number of thioether (sulfide) groups is 2. The van der Waals surface area contributed by atoms with Gasteiger partial charge in [-0.25, -0.2) is 0 Å². The molecule has 1 fully saturated rings. The maximum Gasteiger partial charge on any atom is 0.293 e. The van der Waals surface area contributed by atoms with Crippen LogP contribution in [0.25, 0.3) is 6.08 Å². The number of hydrogen-bond acceptors (Lipinski definition) is 7. The zero-order valence-electron chi connectivity index (χ0n) is 17.4. The normalized spacial score (nSPS) is 17.2. The van der Waals surface area contributed by atoms with Crippen molar-refractivity contribution < 1.29 is 23.9 Å². The molecule has 2 aliphatic heterocycles. The Morgan fingerprint density at radius 2 is 1.97 bits per heavy atom. The van der Waals surface area contributed by atoms with Gasteiger partial charge < -0.3 is 14.8 Å². The molecule has 7 nitrogen and oxygen atoms in total. The second kappa shape index (κ2) is 10.1. The lowest BCUT2D eigenvalue weighted by atomic mass is 10.2. The van der Waals surface area contributed by atoms with E-state index in [1.54, 1.807) is 24.3 Å². The molecule has 1 saturated heterocycles. The van der Waals surface area contributed by atoms with Crippen molar-refractivity contribution in [1.29, 1.82) is 0 Å². The first-order valence-corrected chi connectivity index (χ1v) is 12.0. The van der Waals surface area contributed by atoms with Crippen molar-refractivity contribution in [1.82, 2.24) is 10.2 Å². The summed E-state index contributed by atoms with van der Waals surface area (Å²) in [5.74, 6) is 1.53. The minimum absolute atomic E-state index is 0.117. The molecule has 166 valence electrons. The predicted octanol–water partition coefficient (Wildman–Crippen LogP) is 3.89. The van der Waals surface area contributed by atoms with Crippen LogP contribution in [-0.2, 0) is 15.3 Å². The van der Waals surface area contributed by atoms with Crippen LogP contribution < -0.4 is 14.8 Å². The first-order valence-electron chi connectivity index (χ1n) is 10.1. The van der Waals surface area contributed by atoms with Crippen molar-refractivity contribution in [3.63, 3.8) is 0 Å². The fourth-order valence-electron chi connectivity index (χ4n) is 3.15. The zero-order valence-corrected chi connectivity index (χ0v) is 19.0. The number of amides is 3. The molecule has 4 rings (SSSR count). The number of nitrogens with zero attached hydrogens (tertiary/aromatic N) is 1. The van der Waals surface area contributed by atoms with Crippen molar-refractivity contribution in [3.05, 3.63) is 64.6 Å². The summed E-state index contributed by atoms with van der Waals surface area (Å²) in [6.45, 7) is 2.36. The lowest BCUT2D eigenvalue weighted by molar-refractivity contribution is -0.124. The first kappa shape index (κ1) is 22.3. The second-order valence-corrected chi connectivity index (χ2v) is 9.50. The van der Waals surface area contributed by atoms with E-state index in [1.807, 2.05) is 37.3 Å². The standard InChI is InChI=1S/C23H22N2O5S2/c1-15(31-13-16-5-3-2-4-6-16)21(26)24-9-10-25-22(27)20(32-23(25)28)12-17-7-8-18-19(11-17)30-14-29-18/h2-8,11-12,15H,9-10,13-14H2,1H3,(H,24,26)/b20-12-. The summed E-state index contributed by atoms with van der Waals surface area (Å²) in [4.78, 5) is 38.8. The number of nitrogens with one attached hydrogen (secondary N) is 1. The minimum Gasteiger partial charge on any atom is -0.454 e. The lowest BCUT2D eigenvalue weighted by Crippen LogP contribution is -2.39. The minimum atomic E-state index is -0.363. The van der Waals surface area contributed by atoms with Gasteiger partial charge in [0.05, 0.1) is 10.2 Å². The molecule has 0 radical (unpaired) electrons. The fourth-order valence-corrected chi connectivity index (χ4v) is 4.89. The Kier molecular flexibility index (Phi) is 7.06. The molecule has 1 atom stereocenters. The smallest absolute Gasteiger partial charge is 0.293 e. The third-order valence-electron chi connectivity index (χ3n) is 4.91. The molecule has 0 spiro atoms. The third kappa shape index (κ3) is 5.28. The summed E-state index contributed by atoms with van der Waals surface area (Å²) in [5.41, 5.74) is 1.90. The molecule has 0 saturated carbocycles. The summed E-state index contributed by atoms with van der Waals surface area (Å²) >= 11 is 2.43. The van der Waals surface area contributed by atoms with Crippen LogP contribution in [0.4, 0.5) is 4.79 Å². The average Bonchev–Trinajstić information content (AvgIpc) is 3.37. The molecule has 3 amide bonds. The Morgan fingerprint density at radius 3 is 2.78 bits per heavy atom. The van der Waals surface area contributed by atoms with Gasteiger partial charge in [-0.1, -0.05) is 36.4 Å². The van der Waals surface area contributed by atoms with Gasteiger partial charge in [0.1, 0.15) is 0 Å². The van der Waals surface area contributed by atoms with E-state index in [4.69, 9.17) is 9.47 Å². The summed E-state index contributed by atoms with van der Waals surface area (Å²) < 4.78 is 10.6. The number of imide groups is 1. The van der Waals surface area contributed by atoms with E-state index in [-0.39, 0.29) is 42.2 Å². The molecule has 0 aromatic heterocycles. The third-order valence-corrected chi connectivity index (χ3v) is 7.04. The van der Waals surface area contributed by atoms with Crippen LogP contribution in [0.15, 0.2) is 53.4 Å². The highest BCUT2D eigenvalue weighted by molar-refractivity contribution is 8.18. The Bertz CT molecular complexity index is 1060. The number of fused-ring (bicyclic) bond motifs is 1. The maximum absolute atomic E-state index is 12.7. The lowest BCUT2D eigenvalue weighted by Gasteiger charge is -2.15. The van der Waals surface area contributed by atoms with Crippen molar-refractivity contribution in [2.45, 2.75) is 17.9 Å². The highest BCUT2D eigenvalue weighted by Crippen LogP contribution is 2.36. The van der Waals surface area contributed by atoms with E-state index in [9.17, 15) is 14.4 Å². The Balaban J connectivity index is 1.27. The van der Waals surface area contributed by atoms with E-state index < -0.39 is 0 Å². The van der Waals surface area contributed by atoms with Gasteiger partial charge in [0.2, 0.25) is 12.7 Å². The zero-order chi connectivity index (χ0) is 22.5. The average molecular weight is 471 g/mol. The van der Waals surface area contributed by atoms with Crippen LogP contribution in [0, 0.1) is 0 Å². The number of carbonyl (C=O) groups excluding carboxylic acids is 3. The van der Waals surface area contributed by atoms with Gasteiger partial charge >= 0.3 is 0 Å². The molecule has 32 heavy (non-hydrogen) atoms. The van der Waals surface area contributed by atoms with Gasteiger partial charge in [-0.05, 0) is 48.0 Å². The van der Waals surface area contributed by atoms with Crippen LogP contribution in [0.2, 0.25) is 0 Å². The quantitative estimate of drug-likeness (QED) is 0.586. The van der Waals surface area contributed by atoms with E-state index in [2.05, 4.69) is 5.32 Å². The van der Waals surface area contributed by atoms with Gasteiger partial charge in [0, 0.05) is 18.8 Å². The van der Waals surface area contributed by atoms with Crippen molar-refractivity contribution in [3.8, 4) is 11.5 Å². The Labute approximate surface area is 194 Å². The number of benzene rings is 2. The summed E-state index contributed by atoms with van der Waals surface area (Å²) in [7, 11) is 0. The largest absolute Gasteiger partial charge is 0.454 e. The SMILES string of the molecule is CC(SCc1ccccc1)C(=O)NCCN1C(=O)S/C(=C\c2ccc3c(c2)OCO3)C1=O. The molecular weight excluding hydrogens is 448 g/mol. The number of hydrogen-bond donors (Lipinski definition) is 1. The first-order chi connectivity index (χ1) is 15.5. The Hall–Kier alpha value is -2.91. The molecule has 2 aromatic rings. The molecule has 0 aliphatic carbocycles. The second-order valence-electron chi connectivity index (χ2n) is 7.18. The van der Waals surface area contributed by atoms with Crippen molar-refractivity contribution in [2.75, 3.05) is 19.9 Å². The van der Waals surface area contributed by atoms with E-state index in [1.165, 1.54) is 11.8 Å². The molecule has 2 aromatic carbocycles. The molecule has 0 bridgehead atoms. The fraction of sp³-hybridized carbons (Fsp3) is 0.261. The molecular formula is C23H22N2O5S2. The number of rotatable bonds is 8. The Morgan fingerprint density at radius 1 is 1.19 bits per heavy atom. The molecule has 9 heteroatoms. The van der Waals surface area contributed by atoms with Gasteiger partial charge in [0.25, 0.3) is 11.1 Å². The highest BCUT2D eigenvalue weighted by atomic mass is 32.2. The maximum atomic E-state index is 12.7. The van der Waals surface area contributed by atoms with Gasteiger partial charge in [-0.15, -0.1) is 11.8 Å². The predicted molar refractivity (Wildman–Crippen MR) is 125 cm³/mol. The summed E-state index contributed by atoms with van der Waals surface area (Å²) in [6, 6.07) is 15.3. The van der Waals surface area contributed by atoms with Crippen LogP contribution in [0.1, 0.15) is 18.1 Å². The van der Waals surface area contributed by atoms with E-state index in [0.29, 0.717) is 16.4 Å². The molecule has 2 aliphatic rings. The monoisotopic (exact) mass is 470 g/mol. The molecule has 1 unspecified atom stereocenters. The van der Waals surface area contributed by atoms with Crippen LogP contribution in [0.5, 0.6) is 11.5 Å². The highest BCUT2D eigenvalue weighted by Gasteiger charge is 2.34. The molecule has 2 heterocycles. The summed E-state index contributed by atoms with van der Waals surface area (Å²) in [6.07, 6.45) is 1.66.